The van der Waals surface area contributed by atoms with Crippen LogP contribution < -0.4 is 0 Å². The number of carbonyl (C=O) groups is 1. The molecule has 2 aromatic heterocycles. The van der Waals surface area contributed by atoms with Gasteiger partial charge in [0.15, 0.2) is 5.92 Å². The average molecular weight is 342 g/mol. The van der Waals surface area contributed by atoms with Crippen molar-refractivity contribution in [1.82, 2.24) is 14.8 Å². The lowest BCUT2D eigenvalue weighted by Gasteiger charge is -2.09. The molecule has 4 rings (SSSR count). The summed E-state index contributed by atoms with van der Waals surface area (Å²) in [5, 5.41) is 14.2. The second-order valence-corrected chi connectivity index (χ2v) is 6.51. The molecule has 2 heterocycles. The first-order valence-corrected chi connectivity index (χ1v) is 8.72. The van der Waals surface area contributed by atoms with Crippen LogP contribution in [0.5, 0.6) is 0 Å². The van der Waals surface area contributed by atoms with Crippen molar-refractivity contribution < 1.29 is 4.79 Å². The summed E-state index contributed by atoms with van der Waals surface area (Å²) >= 11 is 0. The molecule has 0 N–H and O–H groups in total. The summed E-state index contributed by atoms with van der Waals surface area (Å²) in [4.78, 5) is 17.3. The fourth-order valence-corrected chi connectivity index (χ4v) is 3.58. The molecule has 0 saturated carbocycles. The molecule has 128 valence electrons. The number of ketones is 1. The molecule has 0 amide bonds. The predicted molar refractivity (Wildman–Crippen MR) is 97.2 cm³/mol. The number of benzene rings is 1. The quantitative estimate of drug-likeness (QED) is 0.680. The molecule has 0 fully saturated rings. The summed E-state index contributed by atoms with van der Waals surface area (Å²) in [5.74, 6) is -1.20. The second kappa shape index (κ2) is 6.57. The average Bonchev–Trinajstić information content (AvgIpc) is 3.26. The molecule has 0 spiro atoms. The van der Waals surface area contributed by atoms with Crippen molar-refractivity contribution in [3.05, 3.63) is 76.9 Å². The van der Waals surface area contributed by atoms with Crippen molar-refractivity contribution >= 4 is 5.78 Å². The van der Waals surface area contributed by atoms with E-state index in [-0.39, 0.29) is 5.78 Å². The topological polar surface area (TPSA) is 71.6 Å². The molecule has 1 unspecified atom stereocenters. The van der Waals surface area contributed by atoms with Gasteiger partial charge in [0.2, 0.25) is 5.78 Å². The van der Waals surface area contributed by atoms with Crippen LogP contribution in [0, 0.1) is 18.3 Å². The van der Waals surface area contributed by atoms with Crippen molar-refractivity contribution in [3.8, 4) is 11.8 Å². The normalized spacial score (nSPS) is 13.8. The van der Waals surface area contributed by atoms with Gasteiger partial charge in [-0.25, -0.2) is 4.68 Å². The molecule has 5 heteroatoms. The van der Waals surface area contributed by atoms with Crippen molar-refractivity contribution in [3.63, 3.8) is 0 Å². The molecule has 0 bridgehead atoms. The molecule has 5 nitrogen and oxygen atoms in total. The van der Waals surface area contributed by atoms with Gasteiger partial charge in [-0.2, -0.15) is 10.4 Å². The van der Waals surface area contributed by atoms with Gasteiger partial charge in [0, 0.05) is 17.5 Å². The van der Waals surface area contributed by atoms with Gasteiger partial charge in [-0.1, -0.05) is 24.3 Å². The Morgan fingerprint density at radius 2 is 2.00 bits per heavy atom. The number of hydrogen-bond donors (Lipinski definition) is 0. The lowest BCUT2D eigenvalue weighted by atomic mass is 9.96. The molecule has 1 aromatic carbocycles. The minimum absolute atomic E-state index is 0.267. The third-order valence-electron chi connectivity index (χ3n) is 4.88. The van der Waals surface area contributed by atoms with E-state index in [2.05, 4.69) is 16.2 Å². The third-order valence-corrected chi connectivity index (χ3v) is 4.88. The van der Waals surface area contributed by atoms with Crippen molar-refractivity contribution in [1.29, 1.82) is 5.26 Å². The number of hydrogen-bond acceptors (Lipinski definition) is 4. The van der Waals surface area contributed by atoms with Crippen LogP contribution in [0.4, 0.5) is 0 Å². The molecule has 0 saturated heterocycles. The number of carbonyl (C=O) groups excluding carboxylic acids is 1. The van der Waals surface area contributed by atoms with Gasteiger partial charge in [0.1, 0.15) is 5.69 Å². The van der Waals surface area contributed by atoms with Gasteiger partial charge < -0.3 is 0 Å². The SMILES string of the molecule is Cc1ccccc1-n1nc(C(=O)C(C#N)c2ccccn2)c2c1CCC2. The van der Waals surface area contributed by atoms with Crippen LogP contribution in [0.1, 0.15) is 45.3 Å². The van der Waals surface area contributed by atoms with Gasteiger partial charge in [0.05, 0.1) is 17.5 Å². The molecular weight excluding hydrogens is 324 g/mol. The number of aromatic nitrogens is 3. The van der Waals surface area contributed by atoms with E-state index in [0.717, 1.165) is 41.8 Å². The van der Waals surface area contributed by atoms with Gasteiger partial charge >= 0.3 is 0 Å². The van der Waals surface area contributed by atoms with E-state index in [0.29, 0.717) is 11.4 Å². The van der Waals surface area contributed by atoms with Gasteiger partial charge in [0.25, 0.3) is 0 Å². The Hall–Kier alpha value is -3.26. The lowest BCUT2D eigenvalue weighted by molar-refractivity contribution is 0.0971. The maximum absolute atomic E-state index is 13.1. The van der Waals surface area contributed by atoms with Crippen LogP contribution >= 0.6 is 0 Å². The first kappa shape index (κ1) is 16.2. The molecule has 1 aliphatic rings. The highest BCUT2D eigenvalue weighted by Crippen LogP contribution is 2.31. The lowest BCUT2D eigenvalue weighted by Crippen LogP contribution is -2.15. The highest BCUT2D eigenvalue weighted by Gasteiger charge is 2.32. The zero-order valence-corrected chi connectivity index (χ0v) is 14.5. The molecule has 1 atom stereocenters. The summed E-state index contributed by atoms with van der Waals surface area (Å²) < 4.78 is 1.89. The third kappa shape index (κ3) is 2.60. The molecule has 0 aliphatic heterocycles. The van der Waals surface area contributed by atoms with Gasteiger partial charge in [-0.15, -0.1) is 0 Å². The van der Waals surface area contributed by atoms with Crippen molar-refractivity contribution in [2.75, 3.05) is 0 Å². The fraction of sp³-hybridized carbons (Fsp3) is 0.238. The first-order chi connectivity index (χ1) is 12.7. The fourth-order valence-electron chi connectivity index (χ4n) is 3.58. The molecular formula is C21H18N4O. The Labute approximate surface area is 151 Å². The molecule has 0 radical (unpaired) electrons. The standard InChI is InChI=1S/C21H18N4O/c1-14-7-2-3-10-18(14)25-19-11-6-8-15(19)20(24-25)21(26)16(13-22)17-9-4-5-12-23-17/h2-5,7,9-10,12,16H,6,8,11H2,1H3. The van der Waals surface area contributed by atoms with E-state index in [4.69, 9.17) is 0 Å². The number of nitrogens with zero attached hydrogens (tertiary/aromatic N) is 4. The summed E-state index contributed by atoms with van der Waals surface area (Å²) in [6.45, 7) is 2.03. The number of rotatable bonds is 4. The Morgan fingerprint density at radius 3 is 2.73 bits per heavy atom. The van der Waals surface area contributed by atoms with E-state index in [1.165, 1.54) is 0 Å². The van der Waals surface area contributed by atoms with E-state index in [1.807, 2.05) is 35.9 Å². The van der Waals surface area contributed by atoms with Gasteiger partial charge in [-0.05, 0) is 49.9 Å². The van der Waals surface area contributed by atoms with Crippen LogP contribution in [0.15, 0.2) is 48.7 Å². The Balaban J connectivity index is 1.81. The highest BCUT2D eigenvalue weighted by molar-refractivity contribution is 6.02. The van der Waals surface area contributed by atoms with Gasteiger partial charge in [-0.3, -0.25) is 9.78 Å². The zero-order valence-electron chi connectivity index (χ0n) is 14.5. The largest absolute Gasteiger partial charge is 0.290 e. The Kier molecular flexibility index (Phi) is 4.10. The van der Waals surface area contributed by atoms with E-state index < -0.39 is 5.92 Å². The zero-order chi connectivity index (χ0) is 18.1. The number of pyridine rings is 1. The minimum atomic E-state index is -0.930. The number of aryl methyl sites for hydroxylation is 1. The maximum Gasteiger partial charge on any atom is 0.206 e. The van der Waals surface area contributed by atoms with Crippen molar-refractivity contribution in [2.24, 2.45) is 0 Å². The van der Waals surface area contributed by atoms with Crippen molar-refractivity contribution in [2.45, 2.75) is 32.1 Å². The van der Waals surface area contributed by atoms with Crippen LogP contribution in [0.2, 0.25) is 0 Å². The first-order valence-electron chi connectivity index (χ1n) is 8.72. The molecule has 3 aromatic rings. The summed E-state index contributed by atoms with van der Waals surface area (Å²) in [6.07, 6.45) is 4.32. The Bertz CT molecular complexity index is 1010. The predicted octanol–water partition coefficient (Wildman–Crippen LogP) is 3.55. The van der Waals surface area contributed by atoms with E-state index in [9.17, 15) is 10.1 Å². The number of fused-ring (bicyclic) bond motifs is 1. The maximum atomic E-state index is 13.1. The summed E-state index contributed by atoms with van der Waals surface area (Å²) in [7, 11) is 0. The van der Waals surface area contributed by atoms with E-state index >= 15 is 0 Å². The second-order valence-electron chi connectivity index (χ2n) is 6.51. The highest BCUT2D eigenvalue weighted by atomic mass is 16.1. The number of para-hydroxylation sites is 1. The van der Waals surface area contributed by atoms with E-state index in [1.54, 1.807) is 24.4 Å². The Morgan fingerprint density at radius 1 is 1.19 bits per heavy atom. The number of nitriles is 1. The van der Waals surface area contributed by atoms with Crippen LogP contribution in [-0.2, 0) is 12.8 Å². The minimum Gasteiger partial charge on any atom is -0.290 e. The molecule has 26 heavy (non-hydrogen) atoms. The smallest absolute Gasteiger partial charge is 0.206 e. The monoisotopic (exact) mass is 342 g/mol. The molecule has 1 aliphatic carbocycles. The van der Waals surface area contributed by atoms with Crippen LogP contribution in [0.3, 0.4) is 0 Å². The van der Waals surface area contributed by atoms with Crippen LogP contribution in [0.25, 0.3) is 5.69 Å². The summed E-state index contributed by atoms with van der Waals surface area (Å²) in [5.41, 5.74) is 5.03. The van der Waals surface area contributed by atoms with Crippen LogP contribution in [-0.4, -0.2) is 20.5 Å². The number of Topliss-reactive ketones (excluding diaryl/α,β-unsaturated/α-hetero) is 1. The summed E-state index contributed by atoms with van der Waals surface area (Å²) in [6, 6.07) is 15.4.